The van der Waals surface area contributed by atoms with E-state index in [-0.39, 0.29) is 5.69 Å². The zero-order valence-corrected chi connectivity index (χ0v) is 10.6. The van der Waals surface area contributed by atoms with E-state index in [9.17, 15) is 4.79 Å². The highest BCUT2D eigenvalue weighted by Crippen LogP contribution is 2.32. The molecule has 1 aromatic carbocycles. The molecule has 1 heterocycles. The summed E-state index contributed by atoms with van der Waals surface area (Å²) in [6.45, 7) is 0. The number of para-hydroxylation sites is 1. The average molecular weight is 266 g/mol. The van der Waals surface area contributed by atoms with E-state index >= 15 is 0 Å². The van der Waals surface area contributed by atoms with Gasteiger partial charge in [0, 0.05) is 5.69 Å². The zero-order chi connectivity index (χ0) is 12.3. The molecular formula is C11H10N2O2S2. The van der Waals surface area contributed by atoms with E-state index in [1.807, 2.05) is 36.6 Å². The molecule has 0 amide bonds. The number of aromatic nitrogens is 1. The van der Waals surface area contributed by atoms with Crippen molar-refractivity contribution >= 4 is 39.9 Å². The number of nitrogens with zero attached hydrogens (tertiary/aromatic N) is 1. The Kier molecular flexibility index (Phi) is 3.65. The van der Waals surface area contributed by atoms with Crippen LogP contribution in [0.3, 0.4) is 0 Å². The van der Waals surface area contributed by atoms with E-state index in [1.54, 1.807) is 0 Å². The van der Waals surface area contributed by atoms with Crippen molar-refractivity contribution in [1.29, 1.82) is 0 Å². The number of carbonyl (C=O) groups is 1. The Morgan fingerprint density at radius 2 is 2.12 bits per heavy atom. The van der Waals surface area contributed by atoms with Gasteiger partial charge in [0.2, 0.25) is 0 Å². The summed E-state index contributed by atoms with van der Waals surface area (Å²) in [5, 5.41) is 12.7. The van der Waals surface area contributed by atoms with E-state index in [0.29, 0.717) is 9.34 Å². The van der Waals surface area contributed by atoms with Crippen molar-refractivity contribution in [2.75, 3.05) is 11.6 Å². The van der Waals surface area contributed by atoms with Gasteiger partial charge in [0.1, 0.15) is 0 Å². The SMILES string of the molecule is CSc1sc(Nc2ccccc2)nc1C(=O)O. The van der Waals surface area contributed by atoms with Gasteiger partial charge in [0.25, 0.3) is 0 Å². The molecule has 2 rings (SSSR count). The number of hydrogen-bond donors (Lipinski definition) is 2. The molecule has 4 nitrogen and oxygen atoms in total. The predicted molar refractivity (Wildman–Crippen MR) is 70.6 cm³/mol. The molecule has 2 aromatic rings. The number of aromatic carboxylic acids is 1. The molecule has 0 saturated carbocycles. The van der Waals surface area contributed by atoms with Gasteiger partial charge in [0.15, 0.2) is 10.8 Å². The van der Waals surface area contributed by atoms with Crippen LogP contribution >= 0.6 is 23.1 Å². The van der Waals surface area contributed by atoms with Crippen molar-refractivity contribution in [1.82, 2.24) is 4.98 Å². The molecule has 6 heteroatoms. The number of carboxylic acids is 1. The van der Waals surface area contributed by atoms with Crippen LogP contribution in [0, 0.1) is 0 Å². The van der Waals surface area contributed by atoms with Crippen LogP contribution in [0.25, 0.3) is 0 Å². The van der Waals surface area contributed by atoms with E-state index in [4.69, 9.17) is 5.11 Å². The van der Waals surface area contributed by atoms with Crippen LogP contribution < -0.4 is 5.32 Å². The van der Waals surface area contributed by atoms with Crippen LogP contribution in [0.5, 0.6) is 0 Å². The van der Waals surface area contributed by atoms with Crippen molar-refractivity contribution in [3.05, 3.63) is 36.0 Å². The minimum atomic E-state index is -0.994. The standard InChI is InChI=1S/C11H10N2O2S2/c1-16-10-8(9(14)15)13-11(17-10)12-7-5-3-2-4-6-7/h2-6H,1H3,(H,12,13)(H,14,15). The quantitative estimate of drug-likeness (QED) is 0.831. The van der Waals surface area contributed by atoms with Crippen molar-refractivity contribution < 1.29 is 9.90 Å². The number of carboxylic acid groups (broad SMARTS) is 1. The lowest BCUT2D eigenvalue weighted by Gasteiger charge is -2.00. The van der Waals surface area contributed by atoms with Gasteiger partial charge in [-0.2, -0.15) is 0 Å². The van der Waals surface area contributed by atoms with Gasteiger partial charge in [-0.3, -0.25) is 0 Å². The zero-order valence-electron chi connectivity index (χ0n) is 9.01. The fourth-order valence-corrected chi connectivity index (χ4v) is 2.89. The summed E-state index contributed by atoms with van der Waals surface area (Å²) in [7, 11) is 0. The largest absolute Gasteiger partial charge is 0.476 e. The molecule has 17 heavy (non-hydrogen) atoms. The number of nitrogens with one attached hydrogen (secondary N) is 1. The maximum atomic E-state index is 10.9. The van der Waals surface area contributed by atoms with E-state index in [0.717, 1.165) is 5.69 Å². The maximum Gasteiger partial charge on any atom is 0.356 e. The molecule has 0 aliphatic rings. The van der Waals surface area contributed by atoms with Gasteiger partial charge in [-0.05, 0) is 18.4 Å². The van der Waals surface area contributed by atoms with Crippen LogP contribution in [-0.4, -0.2) is 22.3 Å². The first kappa shape index (κ1) is 11.9. The number of benzene rings is 1. The highest BCUT2D eigenvalue weighted by Gasteiger charge is 2.16. The third-order valence-corrected chi connectivity index (χ3v) is 4.09. The molecule has 0 spiro atoms. The van der Waals surface area contributed by atoms with E-state index in [2.05, 4.69) is 10.3 Å². The van der Waals surface area contributed by atoms with Crippen molar-refractivity contribution in [3.63, 3.8) is 0 Å². The highest BCUT2D eigenvalue weighted by atomic mass is 32.2. The molecule has 0 saturated heterocycles. The molecule has 0 bridgehead atoms. The fraction of sp³-hybridized carbons (Fsp3) is 0.0909. The van der Waals surface area contributed by atoms with Gasteiger partial charge >= 0.3 is 5.97 Å². The Hall–Kier alpha value is -1.53. The molecule has 1 aromatic heterocycles. The van der Waals surface area contributed by atoms with Gasteiger partial charge in [-0.25, -0.2) is 9.78 Å². The lowest BCUT2D eigenvalue weighted by molar-refractivity contribution is 0.0688. The van der Waals surface area contributed by atoms with Gasteiger partial charge in [0.05, 0.1) is 4.21 Å². The number of thiazole rings is 1. The lowest BCUT2D eigenvalue weighted by atomic mass is 10.3. The third kappa shape index (κ3) is 2.78. The molecule has 0 aliphatic heterocycles. The molecule has 0 atom stereocenters. The van der Waals surface area contributed by atoms with E-state index < -0.39 is 5.97 Å². The normalized spacial score (nSPS) is 10.2. The summed E-state index contributed by atoms with van der Waals surface area (Å²) in [4.78, 5) is 15.0. The van der Waals surface area contributed by atoms with Gasteiger partial charge in [-0.15, -0.1) is 11.8 Å². The summed E-state index contributed by atoms with van der Waals surface area (Å²) in [5.41, 5.74) is 1.01. The monoisotopic (exact) mass is 266 g/mol. The summed E-state index contributed by atoms with van der Waals surface area (Å²) in [6.07, 6.45) is 1.84. The molecular weight excluding hydrogens is 256 g/mol. The summed E-state index contributed by atoms with van der Waals surface area (Å²) in [5.74, 6) is -0.994. The maximum absolute atomic E-state index is 10.9. The summed E-state index contributed by atoms with van der Waals surface area (Å²) >= 11 is 2.73. The third-order valence-electron chi connectivity index (χ3n) is 2.01. The molecule has 88 valence electrons. The second-order valence-corrected chi connectivity index (χ2v) is 5.23. The van der Waals surface area contributed by atoms with Crippen LogP contribution in [0.15, 0.2) is 34.5 Å². The number of hydrogen-bond acceptors (Lipinski definition) is 5. The second kappa shape index (κ2) is 5.20. The predicted octanol–water partition coefficient (Wildman–Crippen LogP) is 3.31. The Bertz CT molecular complexity index is 526. The number of thioether (sulfide) groups is 1. The van der Waals surface area contributed by atoms with Crippen molar-refractivity contribution in [3.8, 4) is 0 Å². The minimum Gasteiger partial charge on any atom is -0.476 e. The summed E-state index contributed by atoms with van der Waals surface area (Å²) < 4.78 is 0.705. The highest BCUT2D eigenvalue weighted by molar-refractivity contribution is 8.00. The smallest absolute Gasteiger partial charge is 0.356 e. The first-order valence-corrected chi connectivity index (χ1v) is 6.85. The Morgan fingerprint density at radius 3 is 2.65 bits per heavy atom. The Labute approximate surface area is 107 Å². The molecule has 2 N–H and O–H groups in total. The molecule has 0 unspecified atom stereocenters. The lowest BCUT2D eigenvalue weighted by Crippen LogP contribution is -1.98. The Balaban J connectivity index is 2.26. The average Bonchev–Trinajstić information content (AvgIpc) is 2.73. The first-order valence-electron chi connectivity index (χ1n) is 4.81. The minimum absolute atomic E-state index is 0.112. The van der Waals surface area contributed by atoms with Crippen molar-refractivity contribution in [2.45, 2.75) is 4.21 Å². The molecule has 0 fully saturated rings. The molecule has 0 radical (unpaired) electrons. The van der Waals surface area contributed by atoms with E-state index in [1.165, 1.54) is 23.1 Å². The van der Waals surface area contributed by atoms with Crippen LogP contribution in [0.1, 0.15) is 10.5 Å². The van der Waals surface area contributed by atoms with Gasteiger partial charge < -0.3 is 10.4 Å². The first-order chi connectivity index (χ1) is 8.20. The summed E-state index contributed by atoms with van der Waals surface area (Å²) in [6, 6.07) is 9.54. The Morgan fingerprint density at radius 1 is 1.41 bits per heavy atom. The van der Waals surface area contributed by atoms with Gasteiger partial charge in [-0.1, -0.05) is 29.5 Å². The van der Waals surface area contributed by atoms with Crippen LogP contribution in [0.2, 0.25) is 0 Å². The number of anilines is 2. The topological polar surface area (TPSA) is 62.2 Å². The number of rotatable bonds is 4. The van der Waals surface area contributed by atoms with Crippen LogP contribution in [-0.2, 0) is 0 Å². The fourth-order valence-electron chi connectivity index (χ4n) is 1.28. The van der Waals surface area contributed by atoms with Crippen molar-refractivity contribution in [2.24, 2.45) is 0 Å². The molecule has 0 aliphatic carbocycles. The van der Waals surface area contributed by atoms with Crippen LogP contribution in [0.4, 0.5) is 10.8 Å². The second-order valence-electron chi connectivity index (χ2n) is 3.16.